The molecule has 3 aliphatic rings. The number of piperidine rings is 1. The third kappa shape index (κ3) is 19.7. The van der Waals surface area contributed by atoms with Crippen LogP contribution in [0.4, 0.5) is 0 Å². The molecule has 24 nitrogen and oxygen atoms in total. The van der Waals surface area contributed by atoms with Gasteiger partial charge >= 0.3 is 0 Å². The summed E-state index contributed by atoms with van der Waals surface area (Å²) >= 11 is 0. The van der Waals surface area contributed by atoms with Crippen LogP contribution in [0.2, 0.25) is 0 Å². The van der Waals surface area contributed by atoms with Gasteiger partial charge in [-0.25, -0.2) is 0 Å². The molecule has 0 saturated carbocycles. The molecule has 5 rings (SSSR count). The Morgan fingerprint density at radius 2 is 1.06 bits per heavy atom. The van der Waals surface area contributed by atoms with Crippen LogP contribution < -0.4 is 10.6 Å². The van der Waals surface area contributed by atoms with E-state index in [2.05, 4.69) is 10.6 Å². The number of rotatable bonds is 12. The van der Waals surface area contributed by atoms with E-state index in [9.17, 15) is 43.5 Å². The lowest BCUT2D eigenvalue weighted by atomic mass is 9.92. The van der Waals surface area contributed by atoms with Gasteiger partial charge in [0.2, 0.25) is 65.0 Å². The van der Waals surface area contributed by atoms with E-state index < -0.39 is 162 Å². The molecule has 0 aromatic heterocycles. The Kier molecular flexibility index (Phi) is 28.7. The molecule has 2 aromatic carbocycles. The van der Waals surface area contributed by atoms with Gasteiger partial charge in [0.1, 0.15) is 48.3 Å². The number of hydrogen-bond acceptors (Lipinski definition) is 13. The molecule has 2 aromatic rings. The van der Waals surface area contributed by atoms with Crippen LogP contribution in [0, 0.1) is 23.7 Å². The lowest BCUT2D eigenvalue weighted by Crippen LogP contribution is -2.61. The number of benzene rings is 2. The number of nitrogens with one attached hydrogen (secondary N) is 2. The highest BCUT2D eigenvalue weighted by atomic mass is 16.3. The van der Waals surface area contributed by atoms with Crippen molar-refractivity contribution in [3.8, 4) is 0 Å². The normalized spacial score (nSPS) is 26.6. The molecule has 11 amide bonds. The maximum absolute atomic E-state index is 15.6. The molecule has 0 spiro atoms. The number of fused-ring (bicyclic) bond motifs is 1. The van der Waals surface area contributed by atoms with Crippen LogP contribution in [-0.4, -0.2) is 255 Å². The summed E-state index contributed by atoms with van der Waals surface area (Å²) in [6.45, 7) is 17.1. The van der Waals surface area contributed by atoms with Crippen LogP contribution in [0.1, 0.15) is 138 Å². The van der Waals surface area contributed by atoms with Crippen molar-refractivity contribution in [2.75, 3.05) is 75.0 Å². The number of aliphatic hydroxyl groups excluding tert-OH is 1. The molecule has 3 heterocycles. The van der Waals surface area contributed by atoms with E-state index in [1.54, 1.807) is 68.1 Å². The highest BCUT2D eigenvalue weighted by molar-refractivity contribution is 6.00. The summed E-state index contributed by atoms with van der Waals surface area (Å²) in [6, 6.07) is 7.02. The van der Waals surface area contributed by atoms with Gasteiger partial charge in [0.15, 0.2) is 5.78 Å². The minimum Gasteiger partial charge on any atom is -0.393 e. The number of hydrogen-bond donors (Lipinski definition) is 3. The monoisotopic (exact) mass is 1310 g/mol. The Morgan fingerprint density at radius 3 is 1.60 bits per heavy atom. The third-order valence-electron chi connectivity index (χ3n) is 19.0. The highest BCUT2D eigenvalue weighted by Gasteiger charge is 2.46. The number of carbonyl (C=O) groups is 12. The fourth-order valence-electron chi connectivity index (χ4n) is 13.2. The Balaban J connectivity index is 1.64. The van der Waals surface area contributed by atoms with E-state index in [-0.39, 0.29) is 57.0 Å². The van der Waals surface area contributed by atoms with Crippen LogP contribution >= 0.6 is 0 Å². The van der Waals surface area contributed by atoms with Gasteiger partial charge in [0.05, 0.1) is 31.0 Å². The Hall–Kier alpha value is -7.76. The van der Waals surface area contributed by atoms with Gasteiger partial charge in [-0.2, -0.15) is 0 Å². The zero-order valence-electron chi connectivity index (χ0n) is 58.5. The number of Topliss-reactive ketones (excluding diaryl/α,β-unsaturated/α-hetero) is 1. The van der Waals surface area contributed by atoms with Crippen molar-refractivity contribution in [1.82, 2.24) is 54.7 Å². The second-order valence-corrected chi connectivity index (χ2v) is 27.3. The van der Waals surface area contributed by atoms with Crippen molar-refractivity contribution in [3.63, 3.8) is 0 Å². The van der Waals surface area contributed by atoms with Gasteiger partial charge in [-0.1, -0.05) is 102 Å². The highest BCUT2D eigenvalue weighted by Crippen LogP contribution is 2.28. The van der Waals surface area contributed by atoms with E-state index in [1.165, 1.54) is 92.5 Å². The maximum atomic E-state index is 15.6. The van der Waals surface area contributed by atoms with Crippen molar-refractivity contribution >= 4 is 70.8 Å². The minimum atomic E-state index is -1.45. The smallest absolute Gasteiger partial charge is 0.246 e. The molecule has 0 aliphatic carbocycles. The number of likely N-dealkylation sites (N-methyl/N-ethyl adjacent to an activating group) is 7. The quantitative estimate of drug-likeness (QED) is 0.275. The number of carbonyl (C=O) groups excluding carboxylic acids is 12. The second kappa shape index (κ2) is 35.1. The third-order valence-corrected chi connectivity index (χ3v) is 19.0. The lowest BCUT2D eigenvalue weighted by Gasteiger charge is -2.40. The van der Waals surface area contributed by atoms with Crippen molar-refractivity contribution in [2.24, 2.45) is 23.7 Å². The van der Waals surface area contributed by atoms with E-state index in [4.69, 9.17) is 0 Å². The Bertz CT molecular complexity index is 2980. The maximum Gasteiger partial charge on any atom is 0.246 e. The molecule has 94 heavy (non-hydrogen) atoms. The van der Waals surface area contributed by atoms with Gasteiger partial charge in [-0.15, -0.1) is 0 Å². The predicted octanol–water partition coefficient (Wildman–Crippen LogP) is 3.40. The number of likely N-dealkylation sites (tertiary alicyclic amines) is 1. The summed E-state index contributed by atoms with van der Waals surface area (Å²) in [7, 11) is 8.56. The van der Waals surface area contributed by atoms with Crippen LogP contribution in [-0.2, 0) is 70.4 Å². The second-order valence-electron chi connectivity index (χ2n) is 27.3. The van der Waals surface area contributed by atoms with Crippen molar-refractivity contribution in [3.05, 3.63) is 71.8 Å². The lowest BCUT2D eigenvalue weighted by molar-refractivity contribution is -0.156. The van der Waals surface area contributed by atoms with Crippen LogP contribution in [0.3, 0.4) is 0 Å². The first-order chi connectivity index (χ1) is 44.2. The molecule has 24 heteroatoms. The molecule has 0 bridgehead atoms. The summed E-state index contributed by atoms with van der Waals surface area (Å²) in [5.41, 5.74) is 1.37. The average molecular weight is 1310 g/mol. The Labute approximate surface area is 556 Å². The molecule has 3 fully saturated rings. The average Bonchev–Trinajstić information content (AvgIpc) is 1.39. The zero-order chi connectivity index (χ0) is 70.2. The number of amides is 11. The van der Waals surface area contributed by atoms with E-state index in [0.29, 0.717) is 43.5 Å². The minimum absolute atomic E-state index is 0.00572. The van der Waals surface area contributed by atoms with Gasteiger partial charge in [0.25, 0.3) is 0 Å². The van der Waals surface area contributed by atoms with Crippen LogP contribution in [0.15, 0.2) is 60.7 Å². The summed E-state index contributed by atoms with van der Waals surface area (Å²) in [5, 5.41) is 16.7. The van der Waals surface area contributed by atoms with Crippen LogP contribution in [0.25, 0.3) is 0 Å². The molecular weight excluding hydrogens is 1200 g/mol. The van der Waals surface area contributed by atoms with Gasteiger partial charge in [-0.3, -0.25) is 57.5 Å². The molecule has 11 atom stereocenters. The van der Waals surface area contributed by atoms with E-state index in [0.717, 1.165) is 16.2 Å². The zero-order valence-corrected chi connectivity index (χ0v) is 58.5. The molecule has 0 unspecified atom stereocenters. The first-order valence-electron chi connectivity index (χ1n) is 33.6. The fraction of sp³-hybridized carbons (Fsp3) is 0.657. The Morgan fingerprint density at radius 1 is 0.543 bits per heavy atom. The molecule has 520 valence electrons. The summed E-state index contributed by atoms with van der Waals surface area (Å²) < 4.78 is 0. The number of aliphatic hydroxyl groups is 1. The fourth-order valence-corrected chi connectivity index (χ4v) is 13.2. The number of ketones is 1. The standard InChI is InChI=1S/C70H107N11O13/c1-17-80-57(39-50-30-23-19-24-31-50)69(93)77(15)56(38-49-28-21-18-22-29-49)68(92)76(14)55(37-44(4)5)70(94)81-35-27-32-53(81)67(91)75(13)54(36-43(2)3)62(86)71-46(8)64(88)78(16)61(45(6)7)63(87)72-52(66(90)79-33-25-20-26-34-79)41-59(84)74(12)47(9)58(83)40-51(48(10)82)65(89)73(11)42-60(80)85/h18-19,21-24,28-31,43-48,51-57,61,82H,17,20,25-27,32-42H2,1-16H3,(H,71,86)(H,72,87)/t46-,47-,48+,51-,52-,53-,54-,55-,56-,57-,61-/m0/s1. The molecule has 3 aliphatic heterocycles. The van der Waals surface area contributed by atoms with Crippen molar-refractivity contribution < 1.29 is 62.6 Å². The van der Waals surface area contributed by atoms with Crippen LogP contribution in [0.5, 0.6) is 0 Å². The van der Waals surface area contributed by atoms with E-state index in [1.807, 2.05) is 45.9 Å². The van der Waals surface area contributed by atoms with E-state index >= 15 is 19.2 Å². The molecular formula is C70H107N11O13. The van der Waals surface area contributed by atoms with Gasteiger partial charge in [0, 0.05) is 87.7 Å². The first kappa shape index (κ1) is 76.9. The first-order valence-corrected chi connectivity index (χ1v) is 33.6. The predicted molar refractivity (Wildman–Crippen MR) is 355 cm³/mol. The summed E-state index contributed by atoms with van der Waals surface area (Å²) in [4.78, 5) is 190. The van der Waals surface area contributed by atoms with Crippen molar-refractivity contribution in [1.29, 1.82) is 0 Å². The summed E-state index contributed by atoms with van der Waals surface area (Å²) in [5.74, 6) is -9.97. The van der Waals surface area contributed by atoms with Gasteiger partial charge < -0.3 is 59.8 Å². The molecule has 0 radical (unpaired) electrons. The van der Waals surface area contributed by atoms with Gasteiger partial charge in [-0.05, 0) is 102 Å². The summed E-state index contributed by atoms with van der Waals surface area (Å²) in [6.07, 6.45) is 0.624. The SMILES string of the molecule is CCN1C(=O)CN(C)C(=O)[C@H]([C@@H](C)O)CC(=O)[C@H](C)N(C)C(=O)C[C@@H](C(=O)N2CCCCC2)NC(=O)[C@H](C(C)C)N(C)C(=O)[C@H](C)NC(=O)[C@H](CC(C)C)N(C)C(=O)[C@@H]2CCCN2C(=O)[C@H](CC(C)C)N(C)C(=O)[C@H](Cc2ccccc2)N(C)C(=O)[C@@H]1Cc1ccccc1. The largest absolute Gasteiger partial charge is 0.393 e. The number of nitrogens with zero attached hydrogens (tertiary/aromatic N) is 9. The molecule has 3 N–H and O–H groups in total. The topological polar surface area (TPSA) is 278 Å². The molecule has 3 saturated heterocycles. The van der Waals surface area contributed by atoms with Crippen molar-refractivity contribution in [2.45, 2.75) is 200 Å².